The van der Waals surface area contributed by atoms with Gasteiger partial charge in [0, 0.05) is 61.3 Å². The number of anilines is 3. The van der Waals surface area contributed by atoms with E-state index in [9.17, 15) is 0 Å². The average molecular weight is 708 g/mol. The molecule has 12 aromatic rings. The summed E-state index contributed by atoms with van der Waals surface area (Å²) in [5.41, 5.74) is 12.0. The molecule has 0 fully saturated rings. The minimum atomic E-state index is 0.589. The summed E-state index contributed by atoms with van der Waals surface area (Å²) < 4.78 is 21.7. The van der Waals surface area contributed by atoms with E-state index in [4.69, 9.17) is 18.2 Å². The molecule has 0 aliphatic heterocycles. The van der Waals surface area contributed by atoms with Gasteiger partial charge in [-0.2, -0.15) is 0 Å². The maximum atomic E-state index is 6.61. The quantitative estimate of drug-likeness (QED) is 0.178. The third-order valence-electron chi connectivity index (χ3n) is 10.8. The van der Waals surface area contributed by atoms with Gasteiger partial charge in [0.15, 0.2) is 5.58 Å². The molecular formula is C49H29N3O3. The number of hydrogen-bond donors (Lipinski definition) is 0. The molecule has 0 saturated carbocycles. The molecule has 0 aliphatic rings. The first-order valence-electron chi connectivity index (χ1n) is 18.4. The highest BCUT2D eigenvalue weighted by Crippen LogP contribution is 2.44. The lowest BCUT2D eigenvalue weighted by Crippen LogP contribution is -2.10. The molecule has 0 saturated heterocycles. The standard InChI is InChI=1S/C49H29N3O3/c1-3-11-30(12-4-1)49-50-40-24-26-45-47(48(40)55-49)38-23-20-34(29-46(38)54-45)51(32-21-25-44-39(27-32)37-16-8-10-18-43(37)53-44)33-19-22-36-35-15-7-9-17-41(35)52(42(36)28-33)31-13-5-2-6-14-31/h1-29H. The van der Waals surface area contributed by atoms with Gasteiger partial charge >= 0.3 is 0 Å². The fourth-order valence-electron chi connectivity index (χ4n) is 8.33. The summed E-state index contributed by atoms with van der Waals surface area (Å²) in [4.78, 5) is 7.13. The van der Waals surface area contributed by atoms with E-state index in [0.29, 0.717) is 5.89 Å². The van der Waals surface area contributed by atoms with E-state index >= 15 is 0 Å². The molecule has 258 valence electrons. The van der Waals surface area contributed by atoms with Crippen molar-refractivity contribution in [2.45, 2.75) is 0 Å². The van der Waals surface area contributed by atoms with Crippen LogP contribution in [-0.4, -0.2) is 9.55 Å². The minimum absolute atomic E-state index is 0.589. The zero-order chi connectivity index (χ0) is 36.0. The van der Waals surface area contributed by atoms with Gasteiger partial charge in [0.05, 0.1) is 16.4 Å². The fourth-order valence-corrected chi connectivity index (χ4v) is 8.33. The lowest BCUT2D eigenvalue weighted by atomic mass is 10.1. The predicted octanol–water partition coefficient (Wildman–Crippen LogP) is 13.9. The van der Waals surface area contributed by atoms with Crippen LogP contribution in [-0.2, 0) is 0 Å². The second-order valence-electron chi connectivity index (χ2n) is 14.0. The van der Waals surface area contributed by atoms with Crippen molar-refractivity contribution >= 4 is 93.8 Å². The van der Waals surface area contributed by atoms with Crippen molar-refractivity contribution in [1.29, 1.82) is 0 Å². The second kappa shape index (κ2) is 11.5. The highest BCUT2D eigenvalue weighted by atomic mass is 16.4. The first kappa shape index (κ1) is 29.9. The SMILES string of the molecule is c1ccc(-c2nc3ccc4oc5cc(N(c6ccc7oc8ccccc8c7c6)c6ccc7c8ccccc8n(-c8ccccc8)c7c6)ccc5c4c3o2)cc1. The van der Waals surface area contributed by atoms with Crippen LogP contribution in [0.25, 0.3) is 93.9 Å². The Kier molecular flexibility index (Phi) is 6.24. The molecule has 12 rings (SSSR count). The number of fused-ring (bicyclic) bond motifs is 11. The van der Waals surface area contributed by atoms with E-state index < -0.39 is 0 Å². The summed E-state index contributed by atoms with van der Waals surface area (Å²) in [6.07, 6.45) is 0. The van der Waals surface area contributed by atoms with Gasteiger partial charge in [0.1, 0.15) is 27.8 Å². The molecule has 4 heterocycles. The van der Waals surface area contributed by atoms with Gasteiger partial charge in [-0.05, 0) is 91.0 Å². The van der Waals surface area contributed by atoms with Gasteiger partial charge in [-0.25, -0.2) is 4.98 Å². The predicted molar refractivity (Wildman–Crippen MR) is 223 cm³/mol. The Bertz CT molecular complexity index is 3440. The van der Waals surface area contributed by atoms with Crippen LogP contribution in [0.2, 0.25) is 0 Å². The first-order valence-corrected chi connectivity index (χ1v) is 18.4. The van der Waals surface area contributed by atoms with E-state index in [1.165, 1.54) is 10.8 Å². The van der Waals surface area contributed by atoms with Gasteiger partial charge in [-0.1, -0.05) is 78.9 Å². The zero-order valence-electron chi connectivity index (χ0n) is 29.3. The molecule has 0 radical (unpaired) electrons. The molecule has 4 aromatic heterocycles. The summed E-state index contributed by atoms with van der Waals surface area (Å²) in [6.45, 7) is 0. The van der Waals surface area contributed by atoms with Crippen molar-refractivity contribution in [2.75, 3.05) is 4.90 Å². The van der Waals surface area contributed by atoms with Gasteiger partial charge in [-0.15, -0.1) is 0 Å². The lowest BCUT2D eigenvalue weighted by molar-refractivity contribution is 0.622. The van der Waals surface area contributed by atoms with Crippen LogP contribution < -0.4 is 4.90 Å². The molecule has 55 heavy (non-hydrogen) atoms. The summed E-state index contributed by atoms with van der Waals surface area (Å²) in [6, 6.07) is 61.0. The van der Waals surface area contributed by atoms with Crippen molar-refractivity contribution in [3.05, 3.63) is 176 Å². The largest absolute Gasteiger partial charge is 0.456 e. The van der Waals surface area contributed by atoms with Gasteiger partial charge in [-0.3, -0.25) is 0 Å². The first-order chi connectivity index (χ1) is 27.2. The zero-order valence-corrected chi connectivity index (χ0v) is 29.3. The smallest absolute Gasteiger partial charge is 0.227 e. The van der Waals surface area contributed by atoms with E-state index in [0.717, 1.165) is 94.3 Å². The summed E-state index contributed by atoms with van der Waals surface area (Å²) in [7, 11) is 0. The minimum Gasteiger partial charge on any atom is -0.456 e. The molecule has 0 amide bonds. The van der Waals surface area contributed by atoms with Crippen molar-refractivity contribution in [2.24, 2.45) is 0 Å². The third kappa shape index (κ3) is 4.52. The van der Waals surface area contributed by atoms with Crippen LogP contribution in [0.4, 0.5) is 17.1 Å². The summed E-state index contributed by atoms with van der Waals surface area (Å²) in [5, 5.41) is 6.43. The molecule has 0 N–H and O–H groups in total. The van der Waals surface area contributed by atoms with Gasteiger partial charge in [0.25, 0.3) is 0 Å². The molecule has 6 heteroatoms. The Labute approximate surface area is 313 Å². The monoisotopic (exact) mass is 707 g/mol. The molecule has 8 aromatic carbocycles. The Morgan fingerprint density at radius 2 is 1.05 bits per heavy atom. The molecule has 0 spiro atoms. The normalized spacial score (nSPS) is 12.0. The summed E-state index contributed by atoms with van der Waals surface area (Å²) >= 11 is 0. The van der Waals surface area contributed by atoms with Crippen molar-refractivity contribution < 1.29 is 13.3 Å². The van der Waals surface area contributed by atoms with Crippen LogP contribution in [0, 0.1) is 0 Å². The second-order valence-corrected chi connectivity index (χ2v) is 14.0. The Morgan fingerprint density at radius 1 is 0.418 bits per heavy atom. The van der Waals surface area contributed by atoms with E-state index in [2.05, 4.69) is 131 Å². The molecule has 0 unspecified atom stereocenters. The Hall–Kier alpha value is -7.57. The van der Waals surface area contributed by atoms with Gasteiger partial charge in [0.2, 0.25) is 5.89 Å². The summed E-state index contributed by atoms with van der Waals surface area (Å²) in [5.74, 6) is 0.589. The maximum Gasteiger partial charge on any atom is 0.227 e. The number of hydrogen-bond acceptors (Lipinski definition) is 5. The molecule has 0 aliphatic carbocycles. The molecular weight excluding hydrogens is 679 g/mol. The van der Waals surface area contributed by atoms with Crippen LogP contribution in [0.3, 0.4) is 0 Å². The van der Waals surface area contributed by atoms with E-state index in [1.54, 1.807) is 0 Å². The number of oxazole rings is 1. The van der Waals surface area contributed by atoms with Crippen molar-refractivity contribution in [3.63, 3.8) is 0 Å². The lowest BCUT2D eigenvalue weighted by Gasteiger charge is -2.26. The number of nitrogens with zero attached hydrogens (tertiary/aromatic N) is 3. The van der Waals surface area contributed by atoms with Crippen LogP contribution in [0.5, 0.6) is 0 Å². The highest BCUT2D eigenvalue weighted by molar-refractivity contribution is 6.17. The average Bonchev–Trinajstić information content (AvgIpc) is 4.01. The number of para-hydroxylation sites is 3. The maximum absolute atomic E-state index is 6.61. The molecule has 6 nitrogen and oxygen atoms in total. The van der Waals surface area contributed by atoms with Crippen molar-refractivity contribution in [3.8, 4) is 17.1 Å². The van der Waals surface area contributed by atoms with E-state index in [-0.39, 0.29) is 0 Å². The van der Waals surface area contributed by atoms with Crippen molar-refractivity contribution in [1.82, 2.24) is 9.55 Å². The van der Waals surface area contributed by atoms with Crippen LogP contribution >= 0.6 is 0 Å². The Balaban J connectivity index is 1.09. The third-order valence-corrected chi connectivity index (χ3v) is 10.8. The molecule has 0 atom stereocenters. The number of aromatic nitrogens is 2. The topological polar surface area (TPSA) is 60.5 Å². The van der Waals surface area contributed by atoms with Crippen LogP contribution in [0.15, 0.2) is 189 Å². The number of furan rings is 2. The van der Waals surface area contributed by atoms with Gasteiger partial charge < -0.3 is 22.7 Å². The molecule has 0 bridgehead atoms. The number of rotatable bonds is 5. The number of benzene rings is 8. The Morgan fingerprint density at radius 3 is 1.93 bits per heavy atom. The fraction of sp³-hybridized carbons (Fsp3) is 0. The van der Waals surface area contributed by atoms with E-state index in [1.807, 2.05) is 54.6 Å². The highest BCUT2D eigenvalue weighted by Gasteiger charge is 2.22. The van der Waals surface area contributed by atoms with Crippen LogP contribution in [0.1, 0.15) is 0 Å².